The Morgan fingerprint density at radius 1 is 1.32 bits per heavy atom. The molecular weight excluding hydrogens is 278 g/mol. The molecule has 2 N–H and O–H groups in total. The predicted molar refractivity (Wildman–Crippen MR) is 84.5 cm³/mol. The highest BCUT2D eigenvalue weighted by molar-refractivity contribution is 5.98. The zero-order valence-corrected chi connectivity index (χ0v) is 12.7. The number of piperidine rings is 1. The fourth-order valence-corrected chi connectivity index (χ4v) is 2.75. The molecule has 2 aromatic rings. The van der Waals surface area contributed by atoms with Crippen LogP contribution in [0.1, 0.15) is 29.4 Å². The molecule has 2 atom stereocenters. The average Bonchev–Trinajstić information content (AvgIpc) is 2.50. The zero-order chi connectivity index (χ0) is 15.7. The normalized spacial score (nSPS) is 21.5. The molecule has 2 heterocycles. The van der Waals surface area contributed by atoms with Crippen molar-refractivity contribution in [1.82, 2.24) is 15.6 Å². The maximum absolute atomic E-state index is 12.4. The highest BCUT2D eigenvalue weighted by Gasteiger charge is 2.30. The summed E-state index contributed by atoms with van der Waals surface area (Å²) in [5, 5.41) is 6.58. The predicted octanol–water partition coefficient (Wildman–Crippen LogP) is 1.80. The van der Waals surface area contributed by atoms with Crippen LogP contribution < -0.4 is 10.6 Å². The van der Waals surface area contributed by atoms with Crippen LogP contribution in [0.3, 0.4) is 0 Å². The summed E-state index contributed by atoms with van der Waals surface area (Å²) in [7, 11) is 0. The molecule has 0 aliphatic carbocycles. The van der Waals surface area contributed by atoms with Crippen molar-refractivity contribution in [2.24, 2.45) is 5.92 Å². The van der Waals surface area contributed by atoms with E-state index in [1.165, 1.54) is 0 Å². The molecule has 5 heteroatoms. The van der Waals surface area contributed by atoms with Crippen LogP contribution in [0.25, 0.3) is 10.9 Å². The number of carbonyl (C=O) groups excluding carboxylic acids is 2. The van der Waals surface area contributed by atoms with Gasteiger partial charge >= 0.3 is 0 Å². The lowest BCUT2D eigenvalue weighted by molar-refractivity contribution is -0.125. The van der Waals surface area contributed by atoms with Gasteiger partial charge in [-0.3, -0.25) is 9.59 Å². The Balaban J connectivity index is 1.82. The van der Waals surface area contributed by atoms with Crippen molar-refractivity contribution in [2.45, 2.75) is 26.3 Å². The van der Waals surface area contributed by atoms with Gasteiger partial charge in [0, 0.05) is 11.9 Å². The number of amides is 2. The van der Waals surface area contributed by atoms with E-state index < -0.39 is 6.04 Å². The van der Waals surface area contributed by atoms with E-state index >= 15 is 0 Å². The van der Waals surface area contributed by atoms with Gasteiger partial charge < -0.3 is 10.6 Å². The van der Waals surface area contributed by atoms with Crippen molar-refractivity contribution in [3.8, 4) is 0 Å². The van der Waals surface area contributed by atoms with Gasteiger partial charge in [-0.25, -0.2) is 4.98 Å². The number of pyridine rings is 1. The summed E-state index contributed by atoms with van der Waals surface area (Å²) in [4.78, 5) is 28.6. The average molecular weight is 297 g/mol. The van der Waals surface area contributed by atoms with Crippen LogP contribution in [0.15, 0.2) is 30.3 Å². The van der Waals surface area contributed by atoms with Gasteiger partial charge in [0.25, 0.3) is 5.91 Å². The van der Waals surface area contributed by atoms with E-state index in [-0.39, 0.29) is 17.7 Å². The molecule has 22 heavy (non-hydrogen) atoms. The number of nitrogens with zero attached hydrogens (tertiary/aromatic N) is 1. The molecular formula is C17H19N3O2. The fraction of sp³-hybridized carbons (Fsp3) is 0.353. The Hall–Kier alpha value is -2.43. The van der Waals surface area contributed by atoms with Crippen molar-refractivity contribution in [1.29, 1.82) is 0 Å². The van der Waals surface area contributed by atoms with E-state index in [2.05, 4.69) is 15.6 Å². The lowest BCUT2D eigenvalue weighted by Crippen LogP contribution is -2.54. The Kier molecular flexibility index (Phi) is 3.79. The van der Waals surface area contributed by atoms with Gasteiger partial charge in [0.15, 0.2) is 0 Å². The summed E-state index contributed by atoms with van der Waals surface area (Å²) in [6.07, 6.45) is 0.862. The van der Waals surface area contributed by atoms with Crippen molar-refractivity contribution < 1.29 is 9.59 Å². The molecule has 0 radical (unpaired) electrons. The molecule has 2 amide bonds. The molecule has 1 aromatic heterocycles. The van der Waals surface area contributed by atoms with Crippen molar-refractivity contribution >= 4 is 22.7 Å². The minimum absolute atomic E-state index is 0.122. The number of aryl methyl sites for hydroxylation is 1. The fourth-order valence-electron chi connectivity index (χ4n) is 2.75. The van der Waals surface area contributed by atoms with Gasteiger partial charge in [-0.05, 0) is 37.5 Å². The molecule has 1 fully saturated rings. The molecule has 1 aromatic carbocycles. The maximum Gasteiger partial charge on any atom is 0.270 e. The van der Waals surface area contributed by atoms with Gasteiger partial charge in [0.05, 0.1) is 5.52 Å². The Morgan fingerprint density at radius 3 is 2.91 bits per heavy atom. The maximum atomic E-state index is 12.4. The van der Waals surface area contributed by atoms with Crippen molar-refractivity contribution in [3.63, 3.8) is 0 Å². The molecule has 114 valence electrons. The molecule has 1 aliphatic heterocycles. The summed E-state index contributed by atoms with van der Waals surface area (Å²) in [5.74, 6) is -0.305. The van der Waals surface area contributed by atoms with Gasteiger partial charge in [-0.2, -0.15) is 0 Å². The number of hydrogen-bond donors (Lipinski definition) is 2. The summed E-state index contributed by atoms with van der Waals surface area (Å²) in [6, 6.07) is 8.99. The second-order valence-electron chi connectivity index (χ2n) is 5.90. The highest BCUT2D eigenvalue weighted by atomic mass is 16.2. The first-order valence-electron chi connectivity index (χ1n) is 7.50. The number of aromatic nitrogens is 1. The number of carbonyl (C=O) groups is 2. The van der Waals surface area contributed by atoms with E-state index in [0.29, 0.717) is 12.2 Å². The third kappa shape index (κ3) is 2.79. The highest BCUT2D eigenvalue weighted by Crippen LogP contribution is 2.16. The molecule has 0 spiro atoms. The first kappa shape index (κ1) is 14.5. The lowest BCUT2D eigenvalue weighted by Gasteiger charge is -2.28. The van der Waals surface area contributed by atoms with Crippen LogP contribution in [-0.2, 0) is 4.79 Å². The van der Waals surface area contributed by atoms with Crippen molar-refractivity contribution in [3.05, 3.63) is 41.6 Å². The number of hydrogen-bond acceptors (Lipinski definition) is 3. The third-order valence-electron chi connectivity index (χ3n) is 4.11. The number of nitrogens with one attached hydrogen (secondary N) is 2. The first-order chi connectivity index (χ1) is 10.5. The van der Waals surface area contributed by atoms with Gasteiger partial charge in [-0.15, -0.1) is 0 Å². The minimum Gasteiger partial charge on any atom is -0.354 e. The molecule has 0 saturated carbocycles. The van der Waals surface area contributed by atoms with Crippen LogP contribution in [0, 0.1) is 12.8 Å². The lowest BCUT2D eigenvalue weighted by atomic mass is 9.94. The van der Waals surface area contributed by atoms with Crippen LogP contribution >= 0.6 is 0 Å². The minimum atomic E-state index is -0.489. The van der Waals surface area contributed by atoms with Crippen LogP contribution in [0.4, 0.5) is 0 Å². The second kappa shape index (κ2) is 5.75. The monoisotopic (exact) mass is 297 g/mol. The largest absolute Gasteiger partial charge is 0.354 e. The molecule has 3 rings (SSSR count). The Morgan fingerprint density at radius 2 is 2.14 bits per heavy atom. The van der Waals surface area contributed by atoms with E-state index in [1.807, 2.05) is 38.1 Å². The summed E-state index contributed by atoms with van der Waals surface area (Å²) < 4.78 is 0. The molecule has 0 bridgehead atoms. The molecule has 1 aliphatic rings. The standard InChI is InChI=1S/C17H19N3O2/c1-10-3-5-13-12(9-10)4-6-14(19-13)16(21)20-15-11(2)7-8-18-17(15)22/h3-6,9,11,15H,7-8H2,1-2H3,(H,18,22)(H,20,21). The van der Waals surface area contributed by atoms with E-state index in [1.54, 1.807) is 6.07 Å². The molecule has 2 unspecified atom stereocenters. The quantitative estimate of drug-likeness (QED) is 0.888. The summed E-state index contributed by atoms with van der Waals surface area (Å²) in [5.41, 5.74) is 2.26. The second-order valence-corrected chi connectivity index (χ2v) is 5.90. The van der Waals surface area contributed by atoms with E-state index in [4.69, 9.17) is 0 Å². The van der Waals surface area contributed by atoms with Crippen LogP contribution in [0.2, 0.25) is 0 Å². The number of rotatable bonds is 2. The summed E-state index contributed by atoms with van der Waals surface area (Å²) >= 11 is 0. The van der Waals surface area contributed by atoms with Crippen molar-refractivity contribution in [2.75, 3.05) is 6.54 Å². The number of fused-ring (bicyclic) bond motifs is 1. The zero-order valence-electron chi connectivity index (χ0n) is 12.7. The first-order valence-corrected chi connectivity index (χ1v) is 7.50. The SMILES string of the molecule is Cc1ccc2nc(C(=O)NC3C(=O)NCCC3C)ccc2c1. The topological polar surface area (TPSA) is 71.1 Å². The smallest absolute Gasteiger partial charge is 0.270 e. The van der Waals surface area contributed by atoms with E-state index in [9.17, 15) is 9.59 Å². The Labute approximate surface area is 129 Å². The van der Waals surface area contributed by atoms with Gasteiger partial charge in [0.1, 0.15) is 11.7 Å². The third-order valence-corrected chi connectivity index (χ3v) is 4.11. The summed E-state index contributed by atoms with van der Waals surface area (Å²) in [6.45, 7) is 4.66. The van der Waals surface area contributed by atoms with Crippen LogP contribution in [-0.4, -0.2) is 29.4 Å². The molecule has 1 saturated heterocycles. The van der Waals surface area contributed by atoms with Gasteiger partial charge in [-0.1, -0.05) is 24.6 Å². The molecule has 5 nitrogen and oxygen atoms in total. The van der Waals surface area contributed by atoms with Gasteiger partial charge in [0.2, 0.25) is 5.91 Å². The van der Waals surface area contributed by atoms with Crippen LogP contribution in [0.5, 0.6) is 0 Å². The van der Waals surface area contributed by atoms with E-state index in [0.717, 1.165) is 22.9 Å². The number of benzene rings is 1. The Bertz CT molecular complexity index is 742.